The Morgan fingerprint density at radius 2 is 1.95 bits per heavy atom. The number of halogens is 2. The van der Waals surface area contributed by atoms with Gasteiger partial charge in [-0.25, -0.2) is 0 Å². The predicted octanol–water partition coefficient (Wildman–Crippen LogP) is 3.19. The molecule has 0 radical (unpaired) electrons. The van der Waals surface area contributed by atoms with Gasteiger partial charge in [0, 0.05) is 9.50 Å². The summed E-state index contributed by atoms with van der Waals surface area (Å²) < 4.78 is 0.778. The van der Waals surface area contributed by atoms with Gasteiger partial charge in [-0.05, 0) is 53.4 Å². The third kappa shape index (κ3) is 2.46. The minimum absolute atomic E-state index is 0.0276. The Kier molecular flexibility index (Phi) is 3.74. The predicted molar refractivity (Wildman–Crippen MR) is 85.6 cm³/mol. The lowest BCUT2D eigenvalue weighted by molar-refractivity contribution is -0.135. The average Bonchev–Trinajstić information content (AvgIpc) is 2.88. The first kappa shape index (κ1) is 14.9. The molecule has 3 rings (SSSR count). The molecule has 1 saturated carbocycles. The van der Waals surface area contributed by atoms with Crippen molar-refractivity contribution in [1.29, 1.82) is 0 Å². The Balaban J connectivity index is 2.03. The number of piperazine rings is 1. The minimum atomic E-state index is -0.716. The number of hydrogen-bond acceptors (Lipinski definition) is 2. The van der Waals surface area contributed by atoms with Gasteiger partial charge in [-0.2, -0.15) is 0 Å². The number of benzene rings is 1. The van der Waals surface area contributed by atoms with E-state index in [1.807, 2.05) is 13.0 Å². The molecule has 2 aliphatic rings. The van der Waals surface area contributed by atoms with Crippen LogP contribution in [0.25, 0.3) is 0 Å². The fourth-order valence-electron chi connectivity index (χ4n) is 3.19. The first-order chi connectivity index (χ1) is 9.93. The molecule has 2 fully saturated rings. The van der Waals surface area contributed by atoms with E-state index in [0.717, 1.165) is 22.9 Å². The summed E-state index contributed by atoms with van der Waals surface area (Å²) in [7, 11) is 0. The second-order valence-corrected chi connectivity index (χ2v) is 7.04. The lowest BCUT2D eigenvalue weighted by Crippen LogP contribution is -2.65. The SMILES string of the molecule is Cc1cc(Br)c(N2CC(=O)NC3(CCCC3)C2=O)cc1Cl. The number of anilines is 1. The van der Waals surface area contributed by atoms with E-state index < -0.39 is 5.54 Å². The molecule has 1 N–H and O–H groups in total. The fourth-order valence-corrected chi connectivity index (χ4v) is 4.02. The maximum absolute atomic E-state index is 12.9. The van der Waals surface area contributed by atoms with Gasteiger partial charge in [-0.3, -0.25) is 14.5 Å². The van der Waals surface area contributed by atoms with Crippen molar-refractivity contribution in [2.24, 2.45) is 0 Å². The van der Waals surface area contributed by atoms with E-state index in [4.69, 9.17) is 11.6 Å². The first-order valence-electron chi connectivity index (χ1n) is 7.02. The standard InChI is InChI=1S/C15H16BrClN2O2/c1-9-6-10(16)12(7-11(9)17)19-8-13(20)18-15(14(19)21)4-2-3-5-15/h6-7H,2-5,8H2,1H3,(H,18,20). The summed E-state index contributed by atoms with van der Waals surface area (Å²) in [6.07, 6.45) is 3.36. The van der Waals surface area contributed by atoms with Crippen LogP contribution < -0.4 is 10.2 Å². The van der Waals surface area contributed by atoms with Crippen molar-refractivity contribution < 1.29 is 9.59 Å². The molecule has 2 amide bonds. The van der Waals surface area contributed by atoms with Crippen LogP contribution in [0.5, 0.6) is 0 Å². The number of aryl methyl sites for hydroxylation is 1. The van der Waals surface area contributed by atoms with Gasteiger partial charge in [-0.15, -0.1) is 0 Å². The molecule has 0 aromatic heterocycles. The van der Waals surface area contributed by atoms with Gasteiger partial charge in [0.25, 0.3) is 5.91 Å². The van der Waals surface area contributed by atoms with Gasteiger partial charge in [0.05, 0.1) is 5.69 Å². The van der Waals surface area contributed by atoms with Crippen LogP contribution in [0.4, 0.5) is 5.69 Å². The van der Waals surface area contributed by atoms with Crippen molar-refractivity contribution in [3.05, 3.63) is 27.2 Å². The Bertz CT molecular complexity index is 626. The summed E-state index contributed by atoms with van der Waals surface area (Å²) in [5.41, 5.74) is 0.875. The third-order valence-electron chi connectivity index (χ3n) is 4.31. The monoisotopic (exact) mass is 370 g/mol. The van der Waals surface area contributed by atoms with Gasteiger partial charge >= 0.3 is 0 Å². The van der Waals surface area contributed by atoms with Crippen LogP contribution in [-0.4, -0.2) is 23.9 Å². The fraction of sp³-hybridized carbons (Fsp3) is 0.467. The molecule has 21 heavy (non-hydrogen) atoms. The first-order valence-corrected chi connectivity index (χ1v) is 8.19. The van der Waals surface area contributed by atoms with E-state index in [0.29, 0.717) is 23.6 Å². The van der Waals surface area contributed by atoms with E-state index in [-0.39, 0.29) is 18.4 Å². The lowest BCUT2D eigenvalue weighted by atomic mass is 9.92. The summed E-state index contributed by atoms with van der Waals surface area (Å²) in [6, 6.07) is 3.62. The Hall–Kier alpha value is -1.07. The van der Waals surface area contributed by atoms with E-state index in [9.17, 15) is 9.59 Å². The number of hydrogen-bond donors (Lipinski definition) is 1. The molecular formula is C15H16BrClN2O2. The van der Waals surface area contributed by atoms with Crippen molar-refractivity contribution >= 4 is 45.0 Å². The molecule has 112 valence electrons. The van der Waals surface area contributed by atoms with Crippen LogP contribution in [0.1, 0.15) is 31.2 Å². The van der Waals surface area contributed by atoms with E-state index in [2.05, 4.69) is 21.2 Å². The second kappa shape index (κ2) is 5.29. The van der Waals surface area contributed by atoms with Crippen LogP contribution in [0.3, 0.4) is 0 Å². The normalized spacial score (nSPS) is 21.0. The molecule has 0 unspecified atom stereocenters. The number of carbonyl (C=O) groups excluding carboxylic acids is 2. The van der Waals surface area contributed by atoms with Crippen LogP contribution in [0.2, 0.25) is 5.02 Å². The molecule has 1 aliphatic carbocycles. The highest BCUT2D eigenvalue weighted by molar-refractivity contribution is 9.10. The van der Waals surface area contributed by atoms with Crippen LogP contribution in [0, 0.1) is 6.92 Å². The highest BCUT2D eigenvalue weighted by Crippen LogP contribution is 2.38. The molecule has 1 aromatic rings. The zero-order chi connectivity index (χ0) is 15.2. The van der Waals surface area contributed by atoms with Crippen molar-refractivity contribution in [3.8, 4) is 0 Å². The van der Waals surface area contributed by atoms with Crippen molar-refractivity contribution in [2.45, 2.75) is 38.1 Å². The molecule has 0 bridgehead atoms. The maximum atomic E-state index is 12.9. The van der Waals surface area contributed by atoms with E-state index in [1.165, 1.54) is 0 Å². The van der Waals surface area contributed by atoms with Crippen molar-refractivity contribution in [1.82, 2.24) is 5.32 Å². The highest BCUT2D eigenvalue weighted by Gasteiger charge is 2.48. The zero-order valence-electron chi connectivity index (χ0n) is 11.7. The van der Waals surface area contributed by atoms with E-state index in [1.54, 1.807) is 11.0 Å². The number of nitrogens with zero attached hydrogens (tertiary/aromatic N) is 1. The summed E-state index contributed by atoms with van der Waals surface area (Å²) >= 11 is 9.66. The third-order valence-corrected chi connectivity index (χ3v) is 5.35. The second-order valence-electron chi connectivity index (χ2n) is 5.78. The number of rotatable bonds is 1. The van der Waals surface area contributed by atoms with Gasteiger partial charge in [0.2, 0.25) is 5.91 Å². The smallest absolute Gasteiger partial charge is 0.253 e. The molecule has 1 aromatic carbocycles. The topological polar surface area (TPSA) is 49.4 Å². The van der Waals surface area contributed by atoms with Crippen LogP contribution in [-0.2, 0) is 9.59 Å². The van der Waals surface area contributed by atoms with Crippen molar-refractivity contribution in [2.75, 3.05) is 11.4 Å². The largest absolute Gasteiger partial charge is 0.340 e. The summed E-state index contributed by atoms with van der Waals surface area (Å²) in [5.74, 6) is -0.139. The Labute approximate surface area is 137 Å². The lowest BCUT2D eigenvalue weighted by Gasteiger charge is -2.40. The molecule has 6 heteroatoms. The Morgan fingerprint density at radius 3 is 2.62 bits per heavy atom. The molecule has 4 nitrogen and oxygen atoms in total. The minimum Gasteiger partial charge on any atom is -0.340 e. The van der Waals surface area contributed by atoms with Gasteiger partial charge in [-0.1, -0.05) is 24.4 Å². The summed E-state index contributed by atoms with van der Waals surface area (Å²) in [4.78, 5) is 26.5. The van der Waals surface area contributed by atoms with Crippen LogP contribution in [0.15, 0.2) is 16.6 Å². The van der Waals surface area contributed by atoms with Gasteiger partial charge in [0.15, 0.2) is 0 Å². The number of carbonyl (C=O) groups is 2. The summed E-state index contributed by atoms with van der Waals surface area (Å²) in [5, 5.41) is 3.50. The quantitative estimate of drug-likeness (QED) is 0.824. The molecule has 1 heterocycles. The molecule has 1 spiro atoms. The Morgan fingerprint density at radius 1 is 1.29 bits per heavy atom. The van der Waals surface area contributed by atoms with Crippen LogP contribution >= 0.6 is 27.5 Å². The molecule has 0 atom stereocenters. The van der Waals surface area contributed by atoms with Crippen molar-refractivity contribution in [3.63, 3.8) is 0 Å². The number of nitrogens with one attached hydrogen (secondary N) is 1. The zero-order valence-corrected chi connectivity index (χ0v) is 14.1. The molecule has 1 saturated heterocycles. The maximum Gasteiger partial charge on any atom is 0.253 e. The number of amides is 2. The van der Waals surface area contributed by atoms with Gasteiger partial charge in [0.1, 0.15) is 12.1 Å². The molecule has 1 aliphatic heterocycles. The average molecular weight is 372 g/mol. The highest BCUT2D eigenvalue weighted by atomic mass is 79.9. The summed E-state index contributed by atoms with van der Waals surface area (Å²) in [6.45, 7) is 1.94. The van der Waals surface area contributed by atoms with Gasteiger partial charge < -0.3 is 5.32 Å². The molecular weight excluding hydrogens is 356 g/mol. The van der Waals surface area contributed by atoms with E-state index >= 15 is 0 Å².